The fraction of sp³-hybridized carbons (Fsp3) is 0.304. The van der Waals surface area contributed by atoms with E-state index in [1.54, 1.807) is 25.3 Å². The molecule has 3 heterocycles. The highest BCUT2D eigenvalue weighted by Crippen LogP contribution is 2.35. The van der Waals surface area contributed by atoms with Crippen molar-refractivity contribution in [3.63, 3.8) is 0 Å². The van der Waals surface area contributed by atoms with Gasteiger partial charge in [0, 0.05) is 35.8 Å². The van der Waals surface area contributed by atoms with Gasteiger partial charge in [0.2, 0.25) is 0 Å². The second kappa shape index (κ2) is 7.40. The van der Waals surface area contributed by atoms with Crippen molar-refractivity contribution in [1.29, 1.82) is 0 Å². The average Bonchev–Trinajstić information content (AvgIpc) is 3.21. The van der Waals surface area contributed by atoms with E-state index in [4.69, 9.17) is 9.47 Å². The van der Waals surface area contributed by atoms with Crippen molar-refractivity contribution in [1.82, 2.24) is 9.88 Å². The van der Waals surface area contributed by atoms with E-state index in [2.05, 4.69) is 22.6 Å². The Morgan fingerprint density at radius 2 is 2.00 bits per heavy atom. The minimum Gasteiger partial charge on any atom is -0.497 e. The Balaban J connectivity index is 1.30. The zero-order valence-corrected chi connectivity index (χ0v) is 16.7. The lowest BCUT2D eigenvalue weighted by molar-refractivity contribution is -0.118. The molecule has 0 bridgehead atoms. The highest BCUT2D eigenvalue weighted by Gasteiger charge is 2.27. The first-order valence-corrected chi connectivity index (χ1v) is 10.1. The summed E-state index contributed by atoms with van der Waals surface area (Å²) in [7, 11) is 1.68. The van der Waals surface area contributed by atoms with E-state index in [-0.39, 0.29) is 18.4 Å². The molecule has 1 aromatic heterocycles. The molecule has 0 unspecified atom stereocenters. The number of aromatic nitrogens is 1. The highest BCUT2D eigenvalue weighted by atomic mass is 16.5. The number of rotatable bonds is 3. The monoisotopic (exact) mass is 405 g/mol. The molecule has 30 heavy (non-hydrogen) atoms. The summed E-state index contributed by atoms with van der Waals surface area (Å²) in [6, 6.07) is 11.3. The minimum absolute atomic E-state index is 0.00746. The van der Waals surface area contributed by atoms with Crippen LogP contribution in [0.15, 0.2) is 42.6 Å². The number of carbonyl (C=O) groups excluding carboxylic acids is 2. The lowest BCUT2D eigenvalue weighted by Gasteiger charge is -2.32. The van der Waals surface area contributed by atoms with Gasteiger partial charge in [-0.1, -0.05) is 0 Å². The van der Waals surface area contributed by atoms with Crippen LogP contribution >= 0.6 is 0 Å². The number of likely N-dealkylation sites (tertiary alicyclic amines) is 1. The number of carbonyl (C=O) groups is 2. The number of ether oxygens (including phenoxy) is 2. The van der Waals surface area contributed by atoms with Crippen LogP contribution in [0.2, 0.25) is 0 Å². The van der Waals surface area contributed by atoms with Gasteiger partial charge >= 0.3 is 0 Å². The average molecular weight is 405 g/mol. The van der Waals surface area contributed by atoms with E-state index in [0.29, 0.717) is 36.0 Å². The summed E-state index contributed by atoms with van der Waals surface area (Å²) in [4.78, 5) is 29.8. The molecule has 5 rings (SSSR count). The number of fused-ring (bicyclic) bond motifs is 2. The summed E-state index contributed by atoms with van der Waals surface area (Å²) in [5.41, 5.74) is 3.50. The zero-order valence-electron chi connectivity index (χ0n) is 16.7. The second-order valence-electron chi connectivity index (χ2n) is 7.77. The first kappa shape index (κ1) is 18.5. The lowest BCUT2D eigenvalue weighted by Crippen LogP contribution is -2.38. The second-order valence-corrected chi connectivity index (χ2v) is 7.77. The summed E-state index contributed by atoms with van der Waals surface area (Å²) >= 11 is 0. The Kier molecular flexibility index (Phi) is 4.58. The fourth-order valence-corrected chi connectivity index (χ4v) is 4.38. The van der Waals surface area contributed by atoms with Crippen molar-refractivity contribution in [3.05, 3.63) is 53.7 Å². The van der Waals surface area contributed by atoms with Gasteiger partial charge in [0.05, 0.1) is 12.8 Å². The number of piperidine rings is 1. The van der Waals surface area contributed by atoms with Gasteiger partial charge in [-0.2, -0.15) is 0 Å². The molecule has 2 aliphatic heterocycles. The molecule has 7 nitrogen and oxygen atoms in total. The standard InChI is InChI=1S/C23H23N3O4/c1-29-16-3-4-19-17(11-16)18(12-24-19)14-6-8-26(9-7-14)23(28)15-2-5-21-20(10-15)25-22(27)13-30-21/h2-5,10-12,14,24H,6-9,13H2,1H3,(H,25,27). The quantitative estimate of drug-likeness (QED) is 0.698. The molecule has 1 fully saturated rings. The van der Waals surface area contributed by atoms with Crippen LogP contribution in [0.3, 0.4) is 0 Å². The molecular formula is C23H23N3O4. The van der Waals surface area contributed by atoms with E-state index in [9.17, 15) is 9.59 Å². The third kappa shape index (κ3) is 3.26. The number of anilines is 1. The number of nitrogens with one attached hydrogen (secondary N) is 2. The lowest BCUT2D eigenvalue weighted by atomic mass is 9.89. The molecule has 2 N–H and O–H groups in total. The molecule has 0 spiro atoms. The summed E-state index contributed by atoms with van der Waals surface area (Å²) in [5, 5.41) is 3.95. The fourth-order valence-electron chi connectivity index (χ4n) is 4.38. The minimum atomic E-state index is -0.205. The number of hydrogen-bond donors (Lipinski definition) is 2. The van der Waals surface area contributed by atoms with Crippen LogP contribution in [0.4, 0.5) is 5.69 Å². The van der Waals surface area contributed by atoms with Gasteiger partial charge in [0.1, 0.15) is 11.5 Å². The SMILES string of the molecule is COc1ccc2[nH]cc(C3CCN(C(=O)c4ccc5c(c4)NC(=O)CO5)CC3)c2c1. The van der Waals surface area contributed by atoms with Crippen molar-refractivity contribution in [2.45, 2.75) is 18.8 Å². The van der Waals surface area contributed by atoms with Crippen LogP contribution in [0.25, 0.3) is 10.9 Å². The maximum absolute atomic E-state index is 13.0. The summed E-state index contributed by atoms with van der Waals surface area (Å²) < 4.78 is 10.7. The van der Waals surface area contributed by atoms with Gasteiger partial charge in [-0.05, 0) is 60.7 Å². The van der Waals surface area contributed by atoms with E-state index in [0.717, 1.165) is 24.1 Å². The predicted octanol–water partition coefficient (Wildman–Crippen LogP) is 3.53. The van der Waals surface area contributed by atoms with Gasteiger partial charge in [0.25, 0.3) is 11.8 Å². The maximum atomic E-state index is 13.0. The van der Waals surface area contributed by atoms with Crippen LogP contribution < -0.4 is 14.8 Å². The number of amides is 2. The molecule has 2 aromatic carbocycles. The number of aromatic amines is 1. The maximum Gasteiger partial charge on any atom is 0.262 e. The van der Waals surface area contributed by atoms with Crippen LogP contribution in [0.1, 0.15) is 34.7 Å². The van der Waals surface area contributed by atoms with Crippen molar-refractivity contribution < 1.29 is 19.1 Å². The molecule has 0 radical (unpaired) electrons. The van der Waals surface area contributed by atoms with Crippen LogP contribution in [0, 0.1) is 0 Å². The van der Waals surface area contributed by atoms with Crippen molar-refractivity contribution in [2.24, 2.45) is 0 Å². The topological polar surface area (TPSA) is 83.7 Å². The van der Waals surface area contributed by atoms with Crippen molar-refractivity contribution in [2.75, 3.05) is 32.1 Å². The molecule has 0 saturated carbocycles. The number of hydrogen-bond acceptors (Lipinski definition) is 4. The Hall–Kier alpha value is -3.48. The highest BCUT2D eigenvalue weighted by molar-refractivity contribution is 6.00. The molecule has 2 amide bonds. The number of methoxy groups -OCH3 is 1. The molecular weight excluding hydrogens is 382 g/mol. The van der Waals surface area contributed by atoms with Gasteiger partial charge < -0.3 is 24.7 Å². The molecule has 0 aliphatic carbocycles. The number of benzene rings is 2. The third-order valence-corrected chi connectivity index (χ3v) is 6.00. The van der Waals surface area contributed by atoms with Crippen LogP contribution in [-0.2, 0) is 4.79 Å². The van der Waals surface area contributed by atoms with Gasteiger partial charge in [-0.25, -0.2) is 0 Å². The number of nitrogens with zero attached hydrogens (tertiary/aromatic N) is 1. The largest absolute Gasteiger partial charge is 0.497 e. The van der Waals surface area contributed by atoms with Crippen LogP contribution in [-0.4, -0.2) is 48.5 Å². The first-order chi connectivity index (χ1) is 14.6. The van der Waals surface area contributed by atoms with Gasteiger partial charge in [-0.15, -0.1) is 0 Å². The van der Waals surface area contributed by atoms with Crippen LogP contribution in [0.5, 0.6) is 11.5 Å². The first-order valence-electron chi connectivity index (χ1n) is 10.1. The molecule has 154 valence electrons. The molecule has 0 atom stereocenters. The van der Waals surface area contributed by atoms with E-state index in [1.807, 2.05) is 17.0 Å². The Morgan fingerprint density at radius 1 is 1.17 bits per heavy atom. The summed E-state index contributed by atoms with van der Waals surface area (Å²) in [6.07, 6.45) is 3.89. The molecule has 1 saturated heterocycles. The van der Waals surface area contributed by atoms with Crippen molar-refractivity contribution in [3.8, 4) is 11.5 Å². The smallest absolute Gasteiger partial charge is 0.262 e. The van der Waals surface area contributed by atoms with Crippen molar-refractivity contribution >= 4 is 28.4 Å². The number of H-pyrrole nitrogens is 1. The third-order valence-electron chi connectivity index (χ3n) is 6.00. The van der Waals surface area contributed by atoms with Gasteiger partial charge in [-0.3, -0.25) is 9.59 Å². The Morgan fingerprint density at radius 3 is 2.80 bits per heavy atom. The normalized spacial score (nSPS) is 16.7. The molecule has 7 heteroatoms. The zero-order chi connectivity index (χ0) is 20.7. The Bertz CT molecular complexity index is 1130. The summed E-state index contributed by atoms with van der Waals surface area (Å²) in [6.45, 7) is 1.40. The van der Waals surface area contributed by atoms with Gasteiger partial charge in [0.15, 0.2) is 6.61 Å². The van der Waals surface area contributed by atoms with E-state index < -0.39 is 0 Å². The summed E-state index contributed by atoms with van der Waals surface area (Å²) in [5.74, 6) is 1.62. The van der Waals surface area contributed by atoms with E-state index >= 15 is 0 Å². The Labute approximate surface area is 174 Å². The molecule has 3 aromatic rings. The predicted molar refractivity (Wildman–Crippen MR) is 113 cm³/mol. The van der Waals surface area contributed by atoms with E-state index in [1.165, 1.54) is 10.9 Å². The molecule has 2 aliphatic rings.